The van der Waals surface area contributed by atoms with Gasteiger partial charge < -0.3 is 10.4 Å². The van der Waals surface area contributed by atoms with E-state index in [1.165, 1.54) is 19.9 Å². The lowest BCUT2D eigenvalue weighted by Gasteiger charge is -2.27. The summed E-state index contributed by atoms with van der Waals surface area (Å²) in [6.07, 6.45) is 4.47. The number of rotatable bonds is 5. The number of urea groups is 1. The Kier molecular flexibility index (Phi) is 5.93. The van der Waals surface area contributed by atoms with Crippen LogP contribution >= 0.6 is 0 Å². The van der Waals surface area contributed by atoms with Gasteiger partial charge in [-0.25, -0.2) is 4.79 Å². The van der Waals surface area contributed by atoms with Crippen molar-refractivity contribution in [3.05, 3.63) is 0 Å². The molecule has 0 aromatic heterocycles. The van der Waals surface area contributed by atoms with Gasteiger partial charge in [-0.1, -0.05) is 12.8 Å². The van der Waals surface area contributed by atoms with Crippen LogP contribution in [0, 0.1) is 0 Å². The second-order valence-electron chi connectivity index (χ2n) is 4.26. The van der Waals surface area contributed by atoms with E-state index in [4.69, 9.17) is 5.11 Å². The van der Waals surface area contributed by atoms with Crippen molar-refractivity contribution in [2.75, 3.05) is 26.7 Å². The number of imide groups is 1. The molecule has 0 spiro atoms. The monoisotopic (exact) mass is 243 g/mol. The van der Waals surface area contributed by atoms with Crippen molar-refractivity contribution < 1.29 is 14.7 Å². The van der Waals surface area contributed by atoms with Crippen molar-refractivity contribution in [1.82, 2.24) is 15.5 Å². The van der Waals surface area contributed by atoms with Crippen molar-refractivity contribution in [1.29, 1.82) is 0 Å². The maximum atomic E-state index is 11.6. The van der Waals surface area contributed by atoms with Gasteiger partial charge in [0.05, 0.1) is 13.2 Å². The number of nitrogens with one attached hydrogen (secondary N) is 2. The van der Waals surface area contributed by atoms with Crippen molar-refractivity contribution in [3.63, 3.8) is 0 Å². The molecule has 0 unspecified atom stereocenters. The molecule has 6 nitrogen and oxygen atoms in total. The number of hydrogen-bond acceptors (Lipinski definition) is 4. The van der Waals surface area contributed by atoms with E-state index in [1.807, 2.05) is 4.90 Å². The van der Waals surface area contributed by atoms with Crippen LogP contribution < -0.4 is 10.6 Å². The highest BCUT2D eigenvalue weighted by atomic mass is 16.3. The lowest BCUT2D eigenvalue weighted by molar-refractivity contribution is -0.121. The van der Waals surface area contributed by atoms with E-state index in [-0.39, 0.29) is 19.1 Å². The smallest absolute Gasteiger partial charge is 0.321 e. The molecule has 0 radical (unpaired) electrons. The van der Waals surface area contributed by atoms with E-state index in [0.717, 1.165) is 12.8 Å². The quantitative estimate of drug-likeness (QED) is 0.618. The Morgan fingerprint density at radius 3 is 2.53 bits per heavy atom. The fraction of sp³-hybridized carbons (Fsp3) is 0.818. The lowest BCUT2D eigenvalue weighted by Crippen LogP contribution is -2.46. The Bertz CT molecular complexity index is 265. The number of carbonyl (C=O) groups is 2. The van der Waals surface area contributed by atoms with Gasteiger partial charge >= 0.3 is 6.03 Å². The lowest BCUT2D eigenvalue weighted by atomic mass is 10.2. The van der Waals surface area contributed by atoms with Gasteiger partial charge in [0.15, 0.2) is 0 Å². The average molecular weight is 243 g/mol. The normalized spacial score (nSPS) is 16.2. The summed E-state index contributed by atoms with van der Waals surface area (Å²) in [6, 6.07) is -0.136. The van der Waals surface area contributed by atoms with Crippen LogP contribution in [0.15, 0.2) is 0 Å². The third-order valence-corrected chi connectivity index (χ3v) is 3.06. The van der Waals surface area contributed by atoms with Crippen molar-refractivity contribution in [2.45, 2.75) is 31.7 Å². The van der Waals surface area contributed by atoms with E-state index >= 15 is 0 Å². The molecule has 1 saturated carbocycles. The number of hydrogen-bond donors (Lipinski definition) is 3. The zero-order valence-corrected chi connectivity index (χ0v) is 10.2. The van der Waals surface area contributed by atoms with Crippen molar-refractivity contribution in [3.8, 4) is 0 Å². The number of nitrogens with zero attached hydrogens (tertiary/aromatic N) is 1. The second kappa shape index (κ2) is 7.24. The minimum atomic E-state index is -0.495. The van der Waals surface area contributed by atoms with Gasteiger partial charge in [0.1, 0.15) is 0 Å². The molecule has 0 aromatic carbocycles. The van der Waals surface area contributed by atoms with E-state index in [2.05, 4.69) is 10.6 Å². The van der Waals surface area contributed by atoms with Gasteiger partial charge in [0, 0.05) is 19.6 Å². The van der Waals surface area contributed by atoms with Crippen LogP contribution in [-0.4, -0.2) is 54.7 Å². The van der Waals surface area contributed by atoms with Crippen molar-refractivity contribution in [2.24, 2.45) is 0 Å². The molecule has 1 rings (SSSR count). The Labute approximate surface area is 101 Å². The molecule has 0 heterocycles. The summed E-state index contributed by atoms with van der Waals surface area (Å²) < 4.78 is 0. The topological polar surface area (TPSA) is 81.7 Å². The predicted octanol–water partition coefficient (Wildman–Crippen LogP) is -0.321. The fourth-order valence-electron chi connectivity index (χ4n) is 2.20. The molecule has 1 aliphatic rings. The van der Waals surface area contributed by atoms with Crippen LogP contribution in [0.3, 0.4) is 0 Å². The summed E-state index contributed by atoms with van der Waals surface area (Å²) in [5, 5.41) is 13.5. The number of amides is 3. The molecule has 0 saturated heterocycles. The Morgan fingerprint density at radius 1 is 1.35 bits per heavy atom. The molecular formula is C11H21N3O3. The first-order valence-electron chi connectivity index (χ1n) is 6.04. The molecule has 3 N–H and O–H groups in total. The first-order chi connectivity index (χ1) is 8.17. The predicted molar refractivity (Wildman–Crippen MR) is 63.5 cm³/mol. The van der Waals surface area contributed by atoms with Gasteiger partial charge in [-0.05, 0) is 12.8 Å². The molecule has 1 aliphatic carbocycles. The van der Waals surface area contributed by atoms with Crippen LogP contribution in [-0.2, 0) is 4.79 Å². The van der Waals surface area contributed by atoms with Gasteiger partial charge in [-0.3, -0.25) is 15.0 Å². The zero-order chi connectivity index (χ0) is 12.7. The van der Waals surface area contributed by atoms with Crippen molar-refractivity contribution >= 4 is 11.9 Å². The highest BCUT2D eigenvalue weighted by molar-refractivity contribution is 5.95. The molecule has 3 amide bonds. The van der Waals surface area contributed by atoms with Crippen LogP contribution in [0.25, 0.3) is 0 Å². The number of aliphatic hydroxyl groups is 1. The summed E-state index contributed by atoms with van der Waals surface area (Å²) in [7, 11) is 1.46. The maximum Gasteiger partial charge on any atom is 0.321 e. The van der Waals surface area contributed by atoms with Gasteiger partial charge in [-0.2, -0.15) is 0 Å². The first kappa shape index (κ1) is 13.9. The highest BCUT2D eigenvalue weighted by Crippen LogP contribution is 2.22. The van der Waals surface area contributed by atoms with Gasteiger partial charge in [0.2, 0.25) is 5.91 Å². The van der Waals surface area contributed by atoms with E-state index in [9.17, 15) is 9.59 Å². The zero-order valence-electron chi connectivity index (χ0n) is 10.2. The largest absolute Gasteiger partial charge is 0.395 e. The van der Waals surface area contributed by atoms with Crippen LogP contribution in [0.5, 0.6) is 0 Å². The highest BCUT2D eigenvalue weighted by Gasteiger charge is 2.24. The molecule has 17 heavy (non-hydrogen) atoms. The average Bonchev–Trinajstić information content (AvgIpc) is 2.81. The Hall–Kier alpha value is -1.14. The van der Waals surface area contributed by atoms with Crippen LogP contribution in [0.4, 0.5) is 4.79 Å². The summed E-state index contributed by atoms with van der Waals surface area (Å²) in [6.45, 7) is 0.675. The molecule has 0 bridgehead atoms. The summed E-state index contributed by atoms with van der Waals surface area (Å²) in [4.78, 5) is 24.5. The first-order valence-corrected chi connectivity index (χ1v) is 6.04. The SMILES string of the molecule is CNC(=O)NC(=O)CN(CCO)C1CCCC1. The Balaban J connectivity index is 2.42. The molecular weight excluding hydrogens is 222 g/mol. The summed E-state index contributed by atoms with van der Waals surface area (Å²) >= 11 is 0. The maximum absolute atomic E-state index is 11.6. The van der Waals surface area contributed by atoms with Gasteiger partial charge in [-0.15, -0.1) is 0 Å². The molecule has 0 aromatic rings. The molecule has 1 fully saturated rings. The molecule has 0 atom stereocenters. The van der Waals surface area contributed by atoms with E-state index in [1.54, 1.807) is 0 Å². The van der Waals surface area contributed by atoms with E-state index < -0.39 is 6.03 Å². The summed E-state index contributed by atoms with van der Waals surface area (Å²) in [5.74, 6) is -0.329. The number of aliphatic hydroxyl groups excluding tert-OH is 1. The van der Waals surface area contributed by atoms with E-state index in [0.29, 0.717) is 12.6 Å². The summed E-state index contributed by atoms with van der Waals surface area (Å²) in [5.41, 5.74) is 0. The molecule has 98 valence electrons. The van der Waals surface area contributed by atoms with Crippen LogP contribution in [0.1, 0.15) is 25.7 Å². The fourth-order valence-corrected chi connectivity index (χ4v) is 2.20. The number of carbonyl (C=O) groups excluding carboxylic acids is 2. The standard InChI is InChI=1S/C11H21N3O3/c1-12-11(17)13-10(16)8-14(6-7-15)9-4-2-3-5-9/h9,15H,2-8H2,1H3,(H2,12,13,16,17). The van der Waals surface area contributed by atoms with Gasteiger partial charge in [0.25, 0.3) is 0 Å². The van der Waals surface area contributed by atoms with Crippen LogP contribution in [0.2, 0.25) is 0 Å². The minimum Gasteiger partial charge on any atom is -0.395 e. The third kappa shape index (κ3) is 4.70. The Morgan fingerprint density at radius 2 is 2.00 bits per heavy atom. The second-order valence-corrected chi connectivity index (χ2v) is 4.26. The minimum absolute atomic E-state index is 0.0315. The molecule has 6 heteroatoms. The molecule has 0 aliphatic heterocycles. The third-order valence-electron chi connectivity index (χ3n) is 3.06.